The van der Waals surface area contributed by atoms with Gasteiger partial charge in [0.1, 0.15) is 11.9 Å². The van der Waals surface area contributed by atoms with Gasteiger partial charge in [0.2, 0.25) is 0 Å². The highest BCUT2D eigenvalue weighted by molar-refractivity contribution is 5.33. The molecule has 1 aromatic rings. The summed E-state index contributed by atoms with van der Waals surface area (Å²) < 4.78 is 6.38. The molecule has 0 bridgehead atoms. The summed E-state index contributed by atoms with van der Waals surface area (Å²) in [4.78, 5) is 0. The Morgan fingerprint density at radius 1 is 1.10 bits per heavy atom. The normalized spacial score (nSPS) is 23.7. The van der Waals surface area contributed by atoms with E-state index in [0.717, 1.165) is 18.7 Å². The molecule has 1 aliphatic carbocycles. The third kappa shape index (κ3) is 3.26. The Morgan fingerprint density at radius 2 is 1.71 bits per heavy atom. The molecule has 1 N–H and O–H groups in total. The number of hydrogen-bond donors (Lipinski definition) is 1. The van der Waals surface area contributed by atoms with Gasteiger partial charge >= 0.3 is 0 Å². The van der Waals surface area contributed by atoms with E-state index in [9.17, 15) is 0 Å². The summed E-state index contributed by atoms with van der Waals surface area (Å²) in [6.07, 6.45) is 5.04. The Balaban J connectivity index is 2.09. The highest BCUT2D eigenvalue weighted by Gasteiger charge is 2.53. The van der Waals surface area contributed by atoms with E-state index >= 15 is 0 Å². The first-order valence-electron chi connectivity index (χ1n) is 8.54. The molecule has 2 heteroatoms. The van der Waals surface area contributed by atoms with Crippen molar-refractivity contribution in [1.82, 2.24) is 5.32 Å². The van der Waals surface area contributed by atoms with E-state index in [-0.39, 0.29) is 0 Å². The second-order valence-corrected chi connectivity index (χ2v) is 6.61. The van der Waals surface area contributed by atoms with Crippen molar-refractivity contribution in [2.75, 3.05) is 6.54 Å². The van der Waals surface area contributed by atoms with Gasteiger partial charge in [-0.3, -0.25) is 0 Å². The lowest BCUT2D eigenvalue weighted by atomic mass is 9.58. The minimum absolute atomic E-state index is 0.298. The van der Waals surface area contributed by atoms with Crippen LogP contribution in [0, 0.1) is 19.3 Å². The molecule has 1 saturated carbocycles. The van der Waals surface area contributed by atoms with Gasteiger partial charge < -0.3 is 10.1 Å². The minimum Gasteiger partial charge on any atom is -0.490 e. The van der Waals surface area contributed by atoms with Gasteiger partial charge in [-0.2, -0.15) is 0 Å². The standard InChI is InChI=1S/C19H31NO/c1-6-9-20-17-13-18(19(17,7-2)8-3)21-16-11-14(4)10-15(5)12-16/h10-12,17-18,20H,6-9,13H2,1-5H3. The Bertz CT molecular complexity index is 444. The van der Waals surface area contributed by atoms with Crippen LogP contribution in [-0.2, 0) is 0 Å². The van der Waals surface area contributed by atoms with Crippen LogP contribution >= 0.6 is 0 Å². The molecule has 0 amide bonds. The summed E-state index contributed by atoms with van der Waals surface area (Å²) in [7, 11) is 0. The fourth-order valence-corrected chi connectivity index (χ4v) is 3.88. The summed E-state index contributed by atoms with van der Waals surface area (Å²) >= 11 is 0. The van der Waals surface area contributed by atoms with Crippen LogP contribution in [0.4, 0.5) is 0 Å². The maximum absolute atomic E-state index is 6.38. The maximum atomic E-state index is 6.38. The highest BCUT2D eigenvalue weighted by atomic mass is 16.5. The van der Waals surface area contributed by atoms with Crippen molar-refractivity contribution in [3.8, 4) is 5.75 Å². The number of rotatable bonds is 7. The molecule has 2 atom stereocenters. The summed E-state index contributed by atoms with van der Waals surface area (Å²) in [6, 6.07) is 7.14. The fourth-order valence-electron chi connectivity index (χ4n) is 3.88. The van der Waals surface area contributed by atoms with Crippen LogP contribution in [-0.4, -0.2) is 18.7 Å². The van der Waals surface area contributed by atoms with E-state index in [2.05, 4.69) is 58.1 Å². The minimum atomic E-state index is 0.298. The molecular weight excluding hydrogens is 258 g/mol. The van der Waals surface area contributed by atoms with Crippen molar-refractivity contribution >= 4 is 0 Å². The van der Waals surface area contributed by atoms with Gasteiger partial charge in [0.25, 0.3) is 0 Å². The average molecular weight is 289 g/mol. The second-order valence-electron chi connectivity index (χ2n) is 6.61. The summed E-state index contributed by atoms with van der Waals surface area (Å²) in [5.41, 5.74) is 2.86. The van der Waals surface area contributed by atoms with Crippen LogP contribution in [0.1, 0.15) is 57.6 Å². The van der Waals surface area contributed by atoms with E-state index < -0.39 is 0 Å². The molecule has 1 fully saturated rings. The largest absolute Gasteiger partial charge is 0.490 e. The Morgan fingerprint density at radius 3 is 2.24 bits per heavy atom. The third-order valence-corrected chi connectivity index (χ3v) is 5.22. The van der Waals surface area contributed by atoms with Crippen LogP contribution in [0.15, 0.2) is 18.2 Å². The predicted molar refractivity (Wildman–Crippen MR) is 90.0 cm³/mol. The molecule has 2 nitrogen and oxygen atoms in total. The van der Waals surface area contributed by atoms with Gasteiger partial charge in [0.15, 0.2) is 0 Å². The Kier molecular flexibility index (Phi) is 5.32. The number of aryl methyl sites for hydroxylation is 2. The van der Waals surface area contributed by atoms with E-state index in [1.54, 1.807) is 0 Å². The van der Waals surface area contributed by atoms with E-state index in [0.29, 0.717) is 17.6 Å². The highest BCUT2D eigenvalue weighted by Crippen LogP contribution is 2.49. The second kappa shape index (κ2) is 6.83. The van der Waals surface area contributed by atoms with Gasteiger partial charge in [0, 0.05) is 17.9 Å². The summed E-state index contributed by atoms with van der Waals surface area (Å²) in [5.74, 6) is 1.04. The number of ether oxygens (including phenoxy) is 1. The molecule has 0 aromatic heterocycles. The zero-order valence-electron chi connectivity index (χ0n) is 14.3. The molecule has 118 valence electrons. The summed E-state index contributed by atoms with van der Waals surface area (Å²) in [6.45, 7) is 12.2. The SMILES string of the molecule is CCCNC1CC(Oc2cc(C)cc(C)c2)C1(CC)CC. The van der Waals surface area contributed by atoms with Gasteiger partial charge in [-0.25, -0.2) is 0 Å². The molecule has 0 radical (unpaired) electrons. The molecule has 1 aliphatic rings. The first-order valence-corrected chi connectivity index (χ1v) is 8.54. The summed E-state index contributed by atoms with van der Waals surface area (Å²) in [5, 5.41) is 3.72. The Hall–Kier alpha value is -1.02. The monoisotopic (exact) mass is 289 g/mol. The van der Waals surface area contributed by atoms with Crippen LogP contribution in [0.3, 0.4) is 0 Å². The van der Waals surface area contributed by atoms with Crippen LogP contribution in [0.2, 0.25) is 0 Å². The zero-order valence-corrected chi connectivity index (χ0v) is 14.3. The van der Waals surface area contributed by atoms with Crippen LogP contribution in [0.25, 0.3) is 0 Å². The van der Waals surface area contributed by atoms with Crippen molar-refractivity contribution in [3.05, 3.63) is 29.3 Å². The number of nitrogens with one attached hydrogen (secondary N) is 1. The first-order chi connectivity index (χ1) is 10.1. The van der Waals surface area contributed by atoms with E-state index in [4.69, 9.17) is 4.74 Å². The molecule has 0 spiro atoms. The smallest absolute Gasteiger partial charge is 0.120 e. The van der Waals surface area contributed by atoms with Gasteiger partial charge in [-0.1, -0.05) is 26.8 Å². The quantitative estimate of drug-likeness (QED) is 0.790. The fraction of sp³-hybridized carbons (Fsp3) is 0.684. The van der Waals surface area contributed by atoms with Crippen LogP contribution in [0.5, 0.6) is 5.75 Å². The van der Waals surface area contributed by atoms with Crippen molar-refractivity contribution < 1.29 is 4.74 Å². The third-order valence-electron chi connectivity index (χ3n) is 5.22. The molecular formula is C19H31NO. The van der Waals surface area contributed by atoms with E-state index in [1.807, 2.05) is 0 Å². The lowest BCUT2D eigenvalue weighted by Crippen LogP contribution is -2.64. The van der Waals surface area contributed by atoms with Gasteiger partial charge in [-0.05, 0) is 62.9 Å². The molecule has 0 saturated heterocycles. The molecule has 0 heterocycles. The first kappa shape index (κ1) is 16.4. The molecule has 21 heavy (non-hydrogen) atoms. The van der Waals surface area contributed by atoms with Gasteiger partial charge in [-0.15, -0.1) is 0 Å². The van der Waals surface area contributed by atoms with Crippen molar-refractivity contribution in [2.45, 2.75) is 72.4 Å². The van der Waals surface area contributed by atoms with E-state index in [1.165, 1.54) is 30.4 Å². The average Bonchev–Trinajstić information content (AvgIpc) is 2.42. The lowest BCUT2D eigenvalue weighted by molar-refractivity contribution is -0.0858. The molecule has 2 unspecified atom stereocenters. The lowest BCUT2D eigenvalue weighted by Gasteiger charge is -2.55. The maximum Gasteiger partial charge on any atom is 0.120 e. The number of benzene rings is 1. The van der Waals surface area contributed by atoms with Crippen molar-refractivity contribution in [2.24, 2.45) is 5.41 Å². The van der Waals surface area contributed by atoms with Crippen molar-refractivity contribution in [1.29, 1.82) is 0 Å². The Labute approximate surface area is 130 Å². The molecule has 0 aliphatic heterocycles. The van der Waals surface area contributed by atoms with Gasteiger partial charge in [0.05, 0.1) is 0 Å². The zero-order chi connectivity index (χ0) is 15.5. The van der Waals surface area contributed by atoms with Crippen LogP contribution < -0.4 is 10.1 Å². The van der Waals surface area contributed by atoms with Crippen molar-refractivity contribution in [3.63, 3.8) is 0 Å². The predicted octanol–water partition coefficient (Wildman–Crippen LogP) is 4.63. The molecule has 2 rings (SSSR count). The molecule has 1 aromatic carbocycles. The number of hydrogen-bond acceptors (Lipinski definition) is 2. The topological polar surface area (TPSA) is 21.3 Å².